The Kier molecular flexibility index (Phi) is 4.77. The summed E-state index contributed by atoms with van der Waals surface area (Å²) in [6.45, 7) is 0. The molecule has 0 aliphatic rings. The number of hydrogen-bond donors (Lipinski definition) is 0. The molecule has 0 saturated heterocycles. The monoisotopic (exact) mass is 328 g/mol. The molecule has 0 radical (unpaired) electrons. The maximum atomic E-state index is 5.37. The van der Waals surface area contributed by atoms with Gasteiger partial charge in [0.15, 0.2) is 0 Å². The van der Waals surface area contributed by atoms with E-state index >= 15 is 0 Å². The Labute approximate surface area is 138 Å². The first-order valence-corrected chi connectivity index (χ1v) is 7.98. The summed E-state index contributed by atoms with van der Waals surface area (Å²) < 4.78 is 12.2. The van der Waals surface area contributed by atoms with Gasteiger partial charge in [0.05, 0.1) is 14.2 Å². The van der Waals surface area contributed by atoms with E-state index < -0.39 is 0 Å². The lowest BCUT2D eigenvalue weighted by atomic mass is 10.2. The van der Waals surface area contributed by atoms with Crippen LogP contribution in [0.3, 0.4) is 0 Å². The molecule has 0 aliphatic heterocycles. The van der Waals surface area contributed by atoms with E-state index in [0.717, 1.165) is 22.9 Å². The van der Waals surface area contributed by atoms with Gasteiger partial charge < -0.3 is 9.47 Å². The summed E-state index contributed by atoms with van der Waals surface area (Å²) in [6, 6.07) is 15.6. The van der Waals surface area contributed by atoms with Gasteiger partial charge in [0, 0.05) is 5.75 Å². The zero-order valence-electron chi connectivity index (χ0n) is 12.8. The first kappa shape index (κ1) is 15.4. The van der Waals surface area contributed by atoms with Gasteiger partial charge in [-0.15, -0.1) is 5.10 Å². The standard InChI is InChI=1S/C16H16N4O2S/c1-21-13-9-7-12(8-10-13)11-23-16-17-18-19-20(16)14-5-3-4-6-15(14)22-2/h3-10H,11H2,1-2H3. The van der Waals surface area contributed by atoms with E-state index in [1.807, 2.05) is 48.5 Å². The van der Waals surface area contributed by atoms with Crippen LogP contribution in [0, 0.1) is 0 Å². The lowest BCUT2D eigenvalue weighted by Crippen LogP contribution is -2.01. The van der Waals surface area contributed by atoms with E-state index in [2.05, 4.69) is 15.5 Å². The van der Waals surface area contributed by atoms with Crippen molar-refractivity contribution in [2.45, 2.75) is 10.9 Å². The SMILES string of the molecule is COc1ccc(CSc2nnnn2-c2ccccc2OC)cc1. The molecule has 2 aromatic carbocycles. The molecule has 7 heteroatoms. The van der Waals surface area contributed by atoms with Gasteiger partial charge in [-0.05, 0) is 40.3 Å². The van der Waals surface area contributed by atoms with Crippen LogP contribution in [0.2, 0.25) is 0 Å². The molecule has 3 rings (SSSR count). The summed E-state index contributed by atoms with van der Waals surface area (Å²) in [6.07, 6.45) is 0. The number of para-hydroxylation sites is 2. The molecule has 3 aromatic rings. The van der Waals surface area contributed by atoms with Gasteiger partial charge in [0.25, 0.3) is 0 Å². The van der Waals surface area contributed by atoms with Crippen LogP contribution in [0.15, 0.2) is 53.7 Å². The number of ether oxygens (including phenoxy) is 2. The van der Waals surface area contributed by atoms with E-state index in [1.165, 1.54) is 5.56 Å². The molecule has 0 fully saturated rings. The van der Waals surface area contributed by atoms with E-state index in [1.54, 1.807) is 30.7 Å². The summed E-state index contributed by atoms with van der Waals surface area (Å²) in [7, 11) is 3.29. The molecule has 23 heavy (non-hydrogen) atoms. The number of thioether (sulfide) groups is 1. The van der Waals surface area contributed by atoms with Crippen LogP contribution in [0.25, 0.3) is 5.69 Å². The highest BCUT2D eigenvalue weighted by Gasteiger charge is 2.13. The fourth-order valence-electron chi connectivity index (χ4n) is 2.09. The molecule has 0 bridgehead atoms. The zero-order chi connectivity index (χ0) is 16.1. The van der Waals surface area contributed by atoms with Crippen molar-refractivity contribution in [2.24, 2.45) is 0 Å². The molecule has 118 valence electrons. The van der Waals surface area contributed by atoms with Crippen molar-refractivity contribution >= 4 is 11.8 Å². The van der Waals surface area contributed by atoms with E-state index in [9.17, 15) is 0 Å². The van der Waals surface area contributed by atoms with E-state index in [0.29, 0.717) is 5.16 Å². The average Bonchev–Trinajstić information content (AvgIpc) is 3.08. The Morgan fingerprint density at radius 2 is 1.78 bits per heavy atom. The van der Waals surface area contributed by atoms with Crippen LogP contribution in [0.1, 0.15) is 5.56 Å². The van der Waals surface area contributed by atoms with Crippen molar-refractivity contribution < 1.29 is 9.47 Å². The Morgan fingerprint density at radius 1 is 1.00 bits per heavy atom. The van der Waals surface area contributed by atoms with Gasteiger partial charge in [0.1, 0.15) is 17.2 Å². The second kappa shape index (κ2) is 7.15. The molecule has 0 aliphatic carbocycles. The molecular weight excluding hydrogens is 312 g/mol. The summed E-state index contributed by atoms with van der Waals surface area (Å²) in [5.74, 6) is 2.34. The average molecular weight is 328 g/mol. The number of benzene rings is 2. The molecule has 6 nitrogen and oxygen atoms in total. The summed E-state index contributed by atoms with van der Waals surface area (Å²) in [5.41, 5.74) is 1.99. The summed E-state index contributed by atoms with van der Waals surface area (Å²) in [5, 5.41) is 12.7. The predicted molar refractivity (Wildman–Crippen MR) is 88.3 cm³/mol. The third-order valence-corrected chi connectivity index (χ3v) is 4.27. The number of methoxy groups -OCH3 is 2. The van der Waals surface area contributed by atoms with Crippen LogP contribution >= 0.6 is 11.8 Å². The minimum atomic E-state index is 0.713. The molecule has 1 heterocycles. The fraction of sp³-hybridized carbons (Fsp3) is 0.188. The lowest BCUT2D eigenvalue weighted by Gasteiger charge is -2.09. The normalized spacial score (nSPS) is 10.5. The van der Waals surface area contributed by atoms with Crippen molar-refractivity contribution in [3.8, 4) is 17.2 Å². The highest BCUT2D eigenvalue weighted by Crippen LogP contribution is 2.27. The Balaban J connectivity index is 1.78. The van der Waals surface area contributed by atoms with Crippen molar-refractivity contribution in [1.82, 2.24) is 20.2 Å². The highest BCUT2D eigenvalue weighted by molar-refractivity contribution is 7.98. The second-order valence-corrected chi connectivity index (χ2v) is 5.62. The predicted octanol–water partition coefficient (Wildman–Crippen LogP) is 2.97. The largest absolute Gasteiger partial charge is 0.497 e. The molecule has 0 amide bonds. The third kappa shape index (κ3) is 3.45. The van der Waals surface area contributed by atoms with Gasteiger partial charge in [-0.2, -0.15) is 4.68 Å². The van der Waals surface area contributed by atoms with Gasteiger partial charge in [-0.3, -0.25) is 0 Å². The zero-order valence-corrected chi connectivity index (χ0v) is 13.7. The van der Waals surface area contributed by atoms with Gasteiger partial charge >= 0.3 is 0 Å². The summed E-state index contributed by atoms with van der Waals surface area (Å²) >= 11 is 1.56. The molecule has 0 spiro atoms. The van der Waals surface area contributed by atoms with Crippen LogP contribution in [0.4, 0.5) is 0 Å². The fourth-order valence-corrected chi connectivity index (χ4v) is 2.93. The number of tetrazole rings is 1. The molecule has 0 saturated carbocycles. The van der Waals surface area contributed by atoms with E-state index in [4.69, 9.17) is 9.47 Å². The number of rotatable bonds is 6. The molecule has 0 N–H and O–H groups in total. The maximum absolute atomic E-state index is 5.37. The minimum Gasteiger partial charge on any atom is -0.497 e. The Bertz CT molecular complexity index is 774. The number of aromatic nitrogens is 4. The minimum absolute atomic E-state index is 0.713. The Hall–Kier alpha value is -2.54. The van der Waals surface area contributed by atoms with Gasteiger partial charge in [-0.25, -0.2) is 0 Å². The smallest absolute Gasteiger partial charge is 0.214 e. The van der Waals surface area contributed by atoms with Crippen LogP contribution in [-0.2, 0) is 5.75 Å². The van der Waals surface area contributed by atoms with Crippen molar-refractivity contribution in [1.29, 1.82) is 0 Å². The van der Waals surface area contributed by atoms with Crippen molar-refractivity contribution in [3.05, 3.63) is 54.1 Å². The molecular formula is C16H16N4O2S. The van der Waals surface area contributed by atoms with Crippen molar-refractivity contribution in [3.63, 3.8) is 0 Å². The molecule has 1 aromatic heterocycles. The van der Waals surface area contributed by atoms with Crippen LogP contribution in [-0.4, -0.2) is 34.4 Å². The van der Waals surface area contributed by atoms with Crippen molar-refractivity contribution in [2.75, 3.05) is 14.2 Å². The maximum Gasteiger partial charge on any atom is 0.214 e. The number of hydrogen-bond acceptors (Lipinski definition) is 6. The quantitative estimate of drug-likeness (QED) is 0.648. The first-order valence-electron chi connectivity index (χ1n) is 6.99. The highest BCUT2D eigenvalue weighted by atomic mass is 32.2. The third-order valence-electron chi connectivity index (χ3n) is 3.28. The van der Waals surface area contributed by atoms with Gasteiger partial charge in [-0.1, -0.05) is 36.0 Å². The molecule has 0 atom stereocenters. The number of nitrogens with zero attached hydrogens (tertiary/aromatic N) is 4. The topological polar surface area (TPSA) is 62.1 Å². The van der Waals surface area contributed by atoms with E-state index in [-0.39, 0.29) is 0 Å². The summed E-state index contributed by atoms with van der Waals surface area (Å²) in [4.78, 5) is 0. The lowest BCUT2D eigenvalue weighted by molar-refractivity contribution is 0.410. The van der Waals surface area contributed by atoms with Crippen LogP contribution in [0.5, 0.6) is 11.5 Å². The van der Waals surface area contributed by atoms with Gasteiger partial charge in [0.2, 0.25) is 5.16 Å². The molecule has 0 unspecified atom stereocenters. The van der Waals surface area contributed by atoms with Crippen LogP contribution < -0.4 is 9.47 Å². The first-order chi connectivity index (χ1) is 11.3. The Morgan fingerprint density at radius 3 is 2.52 bits per heavy atom. The second-order valence-electron chi connectivity index (χ2n) is 4.68.